The van der Waals surface area contributed by atoms with Crippen LogP contribution in [0.2, 0.25) is 0 Å². The van der Waals surface area contributed by atoms with Crippen molar-refractivity contribution in [3.05, 3.63) is 22.8 Å². The van der Waals surface area contributed by atoms with Crippen LogP contribution >= 0.6 is 11.9 Å². The zero-order chi connectivity index (χ0) is 9.26. The highest BCUT2D eigenvalue weighted by molar-refractivity contribution is 8.01. The van der Waals surface area contributed by atoms with Crippen LogP contribution in [0.25, 0.3) is 0 Å². The number of nitrogens with zero attached hydrogens (tertiary/aromatic N) is 1. The van der Waals surface area contributed by atoms with Crippen molar-refractivity contribution < 1.29 is 9.90 Å². The van der Waals surface area contributed by atoms with Gasteiger partial charge in [-0.2, -0.15) is 0 Å². The van der Waals surface area contributed by atoms with E-state index in [-0.39, 0.29) is 5.71 Å². The van der Waals surface area contributed by atoms with Crippen molar-refractivity contribution in [3.8, 4) is 0 Å². The van der Waals surface area contributed by atoms with Crippen LogP contribution in [0.15, 0.2) is 27.7 Å². The quantitative estimate of drug-likeness (QED) is 0.612. The average Bonchev–Trinajstić information content (AvgIpc) is 2.36. The molecule has 2 aliphatic heterocycles. The Balaban J connectivity index is 2.31. The van der Waals surface area contributed by atoms with Gasteiger partial charge in [-0.1, -0.05) is 6.08 Å². The van der Waals surface area contributed by atoms with Gasteiger partial charge in [0.2, 0.25) is 0 Å². The molecule has 2 N–H and O–H groups in total. The fraction of sp³-hybridized carbons (Fsp3) is 0.250. The number of fused-ring (bicyclic) bond motifs is 1. The molecule has 0 aliphatic carbocycles. The van der Waals surface area contributed by atoms with E-state index >= 15 is 0 Å². The number of hydrogen-bond donors (Lipinski definition) is 2. The zero-order valence-electron chi connectivity index (χ0n) is 6.78. The van der Waals surface area contributed by atoms with E-state index in [1.165, 1.54) is 11.9 Å². The van der Waals surface area contributed by atoms with Crippen LogP contribution < -0.4 is 4.72 Å². The minimum absolute atomic E-state index is 0.159. The monoisotopic (exact) mass is 196 g/mol. The number of aliphatic imine (C=N–C) groups is 1. The van der Waals surface area contributed by atoms with Crippen LogP contribution in [0.5, 0.6) is 0 Å². The molecule has 5 heteroatoms. The molecule has 0 amide bonds. The maximum Gasteiger partial charge on any atom is 0.355 e. The van der Waals surface area contributed by atoms with Crippen molar-refractivity contribution in [2.45, 2.75) is 6.42 Å². The molecule has 2 heterocycles. The lowest BCUT2D eigenvalue weighted by Gasteiger charge is -2.00. The molecular formula is C8H8N2O2S. The van der Waals surface area contributed by atoms with Gasteiger partial charge in [-0.05, 0) is 18.4 Å². The summed E-state index contributed by atoms with van der Waals surface area (Å²) < 4.78 is 3.11. The molecule has 0 fully saturated rings. The maximum absolute atomic E-state index is 10.7. The zero-order valence-corrected chi connectivity index (χ0v) is 7.60. The van der Waals surface area contributed by atoms with Crippen LogP contribution in [0, 0.1) is 0 Å². The van der Waals surface area contributed by atoms with Gasteiger partial charge in [0.05, 0.1) is 4.91 Å². The van der Waals surface area contributed by atoms with E-state index in [2.05, 4.69) is 9.71 Å². The highest BCUT2D eigenvalue weighted by atomic mass is 32.2. The van der Waals surface area contributed by atoms with E-state index in [1.54, 1.807) is 6.20 Å². The van der Waals surface area contributed by atoms with Gasteiger partial charge in [0.15, 0.2) is 5.71 Å². The molecule has 0 saturated heterocycles. The van der Waals surface area contributed by atoms with Gasteiger partial charge in [0, 0.05) is 18.3 Å². The van der Waals surface area contributed by atoms with Crippen molar-refractivity contribution >= 4 is 23.6 Å². The van der Waals surface area contributed by atoms with E-state index in [0.29, 0.717) is 0 Å². The molecule has 68 valence electrons. The standard InChI is InChI=1S/C8H8N2O2S/c11-8(12)7-5-2-1-3-10-13-6(5)4-9-7/h2,4,10H,1,3H2,(H,11,12). The van der Waals surface area contributed by atoms with Crippen LogP contribution in [-0.4, -0.2) is 23.3 Å². The van der Waals surface area contributed by atoms with Crippen LogP contribution in [-0.2, 0) is 4.79 Å². The van der Waals surface area contributed by atoms with E-state index in [0.717, 1.165) is 23.4 Å². The van der Waals surface area contributed by atoms with Gasteiger partial charge in [0.1, 0.15) is 0 Å². The van der Waals surface area contributed by atoms with Gasteiger partial charge < -0.3 is 5.11 Å². The number of carboxylic acid groups (broad SMARTS) is 1. The number of nitrogens with one attached hydrogen (secondary N) is 1. The third-order valence-corrected chi connectivity index (χ3v) is 2.70. The Morgan fingerprint density at radius 2 is 2.54 bits per heavy atom. The second-order valence-electron chi connectivity index (χ2n) is 2.68. The first-order valence-corrected chi connectivity index (χ1v) is 4.72. The molecule has 4 nitrogen and oxygen atoms in total. The summed E-state index contributed by atoms with van der Waals surface area (Å²) in [7, 11) is 0. The summed E-state index contributed by atoms with van der Waals surface area (Å²) in [5, 5.41) is 8.81. The lowest BCUT2D eigenvalue weighted by atomic mass is 10.1. The van der Waals surface area contributed by atoms with Crippen LogP contribution in [0.4, 0.5) is 0 Å². The van der Waals surface area contributed by atoms with Crippen molar-refractivity contribution in [1.29, 1.82) is 0 Å². The number of hydrogen-bond acceptors (Lipinski definition) is 4. The summed E-state index contributed by atoms with van der Waals surface area (Å²) in [6, 6.07) is 0. The molecule has 0 bridgehead atoms. The number of carboxylic acids is 1. The van der Waals surface area contributed by atoms with E-state index in [9.17, 15) is 4.79 Å². The maximum atomic E-state index is 10.7. The van der Waals surface area contributed by atoms with Gasteiger partial charge in [0.25, 0.3) is 0 Å². The lowest BCUT2D eigenvalue weighted by Crippen LogP contribution is -2.13. The summed E-state index contributed by atoms with van der Waals surface area (Å²) in [4.78, 5) is 15.5. The largest absolute Gasteiger partial charge is 0.476 e. The predicted molar refractivity (Wildman–Crippen MR) is 51.4 cm³/mol. The highest BCUT2D eigenvalue weighted by Gasteiger charge is 2.24. The first kappa shape index (κ1) is 8.52. The molecule has 0 aromatic rings. The van der Waals surface area contributed by atoms with Gasteiger partial charge in [-0.3, -0.25) is 4.72 Å². The second-order valence-corrected chi connectivity index (χ2v) is 3.61. The molecule has 0 atom stereocenters. The third-order valence-electron chi connectivity index (χ3n) is 1.81. The van der Waals surface area contributed by atoms with Gasteiger partial charge in [-0.25, -0.2) is 9.79 Å². The predicted octanol–water partition coefficient (Wildman–Crippen LogP) is 0.935. The van der Waals surface area contributed by atoms with Crippen molar-refractivity contribution in [2.75, 3.05) is 6.54 Å². The fourth-order valence-electron chi connectivity index (χ4n) is 1.23. The molecule has 0 aromatic heterocycles. The Kier molecular flexibility index (Phi) is 2.20. The van der Waals surface area contributed by atoms with E-state index in [1.807, 2.05) is 6.08 Å². The minimum atomic E-state index is -0.958. The summed E-state index contributed by atoms with van der Waals surface area (Å²) in [6.45, 7) is 0.860. The van der Waals surface area contributed by atoms with Crippen molar-refractivity contribution in [1.82, 2.24) is 4.72 Å². The summed E-state index contributed by atoms with van der Waals surface area (Å²) in [5.74, 6) is -0.958. The first-order chi connectivity index (χ1) is 6.29. The van der Waals surface area contributed by atoms with Crippen molar-refractivity contribution in [3.63, 3.8) is 0 Å². The lowest BCUT2D eigenvalue weighted by molar-refractivity contribution is -0.129. The first-order valence-electron chi connectivity index (χ1n) is 3.91. The molecule has 2 aliphatic rings. The SMILES string of the molecule is O=C(O)C1=NC=C2SNCCC=C21. The number of aliphatic carboxylic acids is 1. The average molecular weight is 196 g/mol. The number of allylic oxidation sites excluding steroid dienone is 1. The minimum Gasteiger partial charge on any atom is -0.476 e. The smallest absolute Gasteiger partial charge is 0.355 e. The molecule has 0 unspecified atom stereocenters. The molecule has 0 aromatic carbocycles. The molecular weight excluding hydrogens is 188 g/mol. The summed E-state index contributed by atoms with van der Waals surface area (Å²) in [6.07, 6.45) is 4.35. The van der Waals surface area contributed by atoms with Crippen LogP contribution in [0.3, 0.4) is 0 Å². The molecule has 2 rings (SSSR count). The Morgan fingerprint density at radius 3 is 3.31 bits per heavy atom. The Hall–Kier alpha value is -1.07. The number of rotatable bonds is 1. The van der Waals surface area contributed by atoms with E-state index in [4.69, 9.17) is 5.11 Å². The Morgan fingerprint density at radius 1 is 1.69 bits per heavy atom. The molecule has 0 spiro atoms. The summed E-state index contributed by atoms with van der Waals surface area (Å²) >= 11 is 1.44. The van der Waals surface area contributed by atoms with E-state index < -0.39 is 5.97 Å². The Bertz CT molecular complexity index is 344. The van der Waals surface area contributed by atoms with Gasteiger partial charge >= 0.3 is 5.97 Å². The third kappa shape index (κ3) is 1.52. The molecule has 0 radical (unpaired) electrons. The van der Waals surface area contributed by atoms with Gasteiger partial charge in [-0.15, -0.1) is 0 Å². The summed E-state index contributed by atoms with van der Waals surface area (Å²) in [5.41, 5.74) is 0.911. The normalized spacial score (nSPS) is 21.1. The topological polar surface area (TPSA) is 61.7 Å². The number of carbonyl (C=O) groups is 1. The highest BCUT2D eigenvalue weighted by Crippen LogP contribution is 2.29. The van der Waals surface area contributed by atoms with Crippen LogP contribution in [0.1, 0.15) is 6.42 Å². The fourth-order valence-corrected chi connectivity index (χ4v) is 2.00. The molecule has 0 saturated carbocycles. The van der Waals surface area contributed by atoms with Crippen molar-refractivity contribution in [2.24, 2.45) is 4.99 Å². The molecule has 13 heavy (non-hydrogen) atoms. The Labute approximate surface area is 79.6 Å². The second kappa shape index (κ2) is 3.35.